The maximum Gasteiger partial charge on any atom is 0.0325 e. The number of hydrogen-bond acceptors (Lipinski definition) is 1. The minimum absolute atomic E-state index is 0.479. The summed E-state index contributed by atoms with van der Waals surface area (Å²) in [6.07, 6.45) is 2.37. The predicted molar refractivity (Wildman–Crippen MR) is 79.4 cm³/mol. The van der Waals surface area contributed by atoms with Gasteiger partial charge in [0.25, 0.3) is 0 Å². The summed E-state index contributed by atoms with van der Waals surface area (Å²) in [5.41, 5.74) is 2.81. The van der Waals surface area contributed by atoms with Gasteiger partial charge in [-0.3, -0.25) is 0 Å². The van der Waals surface area contributed by atoms with Gasteiger partial charge in [-0.05, 0) is 55.5 Å². The van der Waals surface area contributed by atoms with Crippen LogP contribution in [0.15, 0.2) is 22.7 Å². The summed E-state index contributed by atoms with van der Waals surface area (Å²) in [4.78, 5) is 0. The lowest BCUT2D eigenvalue weighted by molar-refractivity contribution is 0.429. The van der Waals surface area contributed by atoms with Crippen LogP contribution in [0.4, 0.5) is 0 Å². The van der Waals surface area contributed by atoms with E-state index in [2.05, 4.69) is 67.1 Å². The van der Waals surface area contributed by atoms with Crippen molar-refractivity contribution >= 4 is 15.9 Å². The maximum absolute atomic E-state index is 3.66. The second-order valence-electron chi connectivity index (χ2n) is 5.14. The largest absolute Gasteiger partial charge is 0.310 e. The quantitative estimate of drug-likeness (QED) is 0.792. The number of rotatable bonds is 6. The first kappa shape index (κ1) is 14.7. The second-order valence-corrected chi connectivity index (χ2v) is 6.05. The van der Waals surface area contributed by atoms with Crippen LogP contribution in [0.2, 0.25) is 0 Å². The third-order valence-electron chi connectivity index (χ3n) is 2.96. The van der Waals surface area contributed by atoms with Crippen molar-refractivity contribution in [1.82, 2.24) is 5.32 Å². The van der Waals surface area contributed by atoms with Gasteiger partial charge in [0.05, 0.1) is 0 Å². The Bertz CT molecular complexity index is 347. The first-order chi connectivity index (χ1) is 8.04. The molecule has 0 aliphatic heterocycles. The highest BCUT2D eigenvalue weighted by atomic mass is 79.9. The van der Waals surface area contributed by atoms with Gasteiger partial charge in [0.15, 0.2) is 0 Å². The molecule has 1 N–H and O–H groups in total. The Morgan fingerprint density at radius 3 is 2.59 bits per heavy atom. The van der Waals surface area contributed by atoms with Crippen LogP contribution >= 0.6 is 15.9 Å². The fraction of sp³-hybridized carbons (Fsp3) is 0.600. The molecule has 1 aromatic carbocycles. The van der Waals surface area contributed by atoms with Crippen LogP contribution in [0.3, 0.4) is 0 Å². The van der Waals surface area contributed by atoms with Crippen LogP contribution in [0.1, 0.15) is 50.8 Å². The monoisotopic (exact) mass is 297 g/mol. The molecule has 1 aromatic rings. The Kier molecular flexibility index (Phi) is 6.21. The van der Waals surface area contributed by atoms with Crippen LogP contribution < -0.4 is 5.32 Å². The number of halogens is 1. The average molecular weight is 298 g/mol. The molecule has 0 saturated heterocycles. The van der Waals surface area contributed by atoms with E-state index in [9.17, 15) is 0 Å². The molecule has 0 heterocycles. The fourth-order valence-corrected chi connectivity index (χ4v) is 2.48. The molecule has 0 aliphatic rings. The number of hydrogen-bond donors (Lipinski definition) is 1. The highest BCUT2D eigenvalue weighted by Crippen LogP contribution is 2.27. The lowest BCUT2D eigenvalue weighted by atomic mass is 9.94. The predicted octanol–water partition coefficient (Wildman–Crippen LogP) is 4.84. The first-order valence-electron chi connectivity index (χ1n) is 6.54. The van der Waals surface area contributed by atoms with Crippen LogP contribution in [0.25, 0.3) is 0 Å². The van der Waals surface area contributed by atoms with Crippen molar-refractivity contribution in [1.29, 1.82) is 0 Å². The van der Waals surface area contributed by atoms with Crippen molar-refractivity contribution in [3.8, 4) is 0 Å². The van der Waals surface area contributed by atoms with Crippen molar-refractivity contribution in [2.75, 3.05) is 6.54 Å². The highest BCUT2D eigenvalue weighted by molar-refractivity contribution is 9.10. The molecule has 1 unspecified atom stereocenters. The standard InChI is InChI=1S/C15H24BrN/c1-5-8-17-15(9-11(2)3)14-10-13(16)7-6-12(14)4/h6-7,10-11,15,17H,5,8-9H2,1-4H3. The average Bonchev–Trinajstić information content (AvgIpc) is 2.27. The van der Waals surface area contributed by atoms with Gasteiger partial charge in [-0.1, -0.05) is 42.8 Å². The molecule has 0 amide bonds. The number of nitrogens with one attached hydrogen (secondary N) is 1. The van der Waals surface area contributed by atoms with E-state index in [4.69, 9.17) is 0 Å². The first-order valence-corrected chi connectivity index (χ1v) is 7.33. The van der Waals surface area contributed by atoms with E-state index >= 15 is 0 Å². The van der Waals surface area contributed by atoms with E-state index in [0.29, 0.717) is 12.0 Å². The molecule has 0 bridgehead atoms. The van der Waals surface area contributed by atoms with E-state index in [0.717, 1.165) is 6.54 Å². The van der Waals surface area contributed by atoms with Crippen molar-refractivity contribution < 1.29 is 0 Å². The van der Waals surface area contributed by atoms with Gasteiger partial charge in [-0.2, -0.15) is 0 Å². The van der Waals surface area contributed by atoms with Crippen LogP contribution in [-0.4, -0.2) is 6.54 Å². The van der Waals surface area contributed by atoms with Gasteiger partial charge in [0, 0.05) is 10.5 Å². The molecule has 0 spiro atoms. The minimum atomic E-state index is 0.479. The molecule has 1 rings (SSSR count). The van der Waals surface area contributed by atoms with Gasteiger partial charge in [0.1, 0.15) is 0 Å². The van der Waals surface area contributed by atoms with Gasteiger partial charge in [-0.15, -0.1) is 0 Å². The molecule has 0 aliphatic carbocycles. The summed E-state index contributed by atoms with van der Waals surface area (Å²) in [7, 11) is 0. The number of aryl methyl sites for hydroxylation is 1. The Morgan fingerprint density at radius 1 is 1.29 bits per heavy atom. The molecule has 0 aromatic heterocycles. The Labute approximate surface area is 114 Å². The van der Waals surface area contributed by atoms with Crippen molar-refractivity contribution in [3.63, 3.8) is 0 Å². The van der Waals surface area contributed by atoms with Gasteiger partial charge >= 0.3 is 0 Å². The second kappa shape index (κ2) is 7.17. The van der Waals surface area contributed by atoms with Crippen LogP contribution in [-0.2, 0) is 0 Å². The summed E-state index contributed by atoms with van der Waals surface area (Å²) in [6.45, 7) is 10.1. The Hall–Kier alpha value is -0.340. The molecule has 0 fully saturated rings. The van der Waals surface area contributed by atoms with Crippen LogP contribution in [0.5, 0.6) is 0 Å². The van der Waals surface area contributed by atoms with Crippen LogP contribution in [0, 0.1) is 12.8 Å². The topological polar surface area (TPSA) is 12.0 Å². The molecule has 1 nitrogen and oxygen atoms in total. The van der Waals surface area contributed by atoms with E-state index in [1.165, 1.54) is 28.4 Å². The zero-order chi connectivity index (χ0) is 12.8. The summed E-state index contributed by atoms with van der Waals surface area (Å²) in [6, 6.07) is 7.05. The summed E-state index contributed by atoms with van der Waals surface area (Å²) < 4.78 is 1.17. The fourth-order valence-electron chi connectivity index (χ4n) is 2.10. The molecule has 2 heteroatoms. The van der Waals surface area contributed by atoms with Crippen molar-refractivity contribution in [2.24, 2.45) is 5.92 Å². The Balaban J connectivity index is 2.90. The normalized spacial score (nSPS) is 13.1. The smallest absolute Gasteiger partial charge is 0.0325 e. The molecular weight excluding hydrogens is 274 g/mol. The highest BCUT2D eigenvalue weighted by Gasteiger charge is 2.14. The van der Waals surface area contributed by atoms with E-state index < -0.39 is 0 Å². The van der Waals surface area contributed by atoms with E-state index in [1.807, 2.05) is 0 Å². The SMILES string of the molecule is CCCNC(CC(C)C)c1cc(Br)ccc1C. The Morgan fingerprint density at radius 2 is 2.00 bits per heavy atom. The van der Waals surface area contributed by atoms with Gasteiger partial charge < -0.3 is 5.32 Å². The van der Waals surface area contributed by atoms with Gasteiger partial charge in [0.2, 0.25) is 0 Å². The summed E-state index contributed by atoms with van der Waals surface area (Å²) in [5.74, 6) is 0.711. The zero-order valence-corrected chi connectivity index (χ0v) is 13.0. The molecule has 1 atom stereocenters. The third kappa shape index (κ3) is 4.81. The number of benzene rings is 1. The maximum atomic E-state index is 3.66. The summed E-state index contributed by atoms with van der Waals surface area (Å²) >= 11 is 3.57. The molecule has 0 radical (unpaired) electrons. The third-order valence-corrected chi connectivity index (χ3v) is 3.46. The van der Waals surface area contributed by atoms with E-state index in [1.54, 1.807) is 0 Å². The lowest BCUT2D eigenvalue weighted by Crippen LogP contribution is -2.24. The van der Waals surface area contributed by atoms with Crippen molar-refractivity contribution in [2.45, 2.75) is 46.6 Å². The minimum Gasteiger partial charge on any atom is -0.310 e. The lowest BCUT2D eigenvalue weighted by Gasteiger charge is -2.23. The summed E-state index contributed by atoms with van der Waals surface area (Å²) in [5, 5.41) is 3.66. The molecule has 0 saturated carbocycles. The molecular formula is C15H24BrN. The van der Waals surface area contributed by atoms with E-state index in [-0.39, 0.29) is 0 Å². The molecule has 96 valence electrons. The zero-order valence-electron chi connectivity index (χ0n) is 11.4. The van der Waals surface area contributed by atoms with Gasteiger partial charge in [-0.25, -0.2) is 0 Å². The molecule has 17 heavy (non-hydrogen) atoms. The van der Waals surface area contributed by atoms with Crippen molar-refractivity contribution in [3.05, 3.63) is 33.8 Å².